The molecule has 0 bridgehead atoms. The zero-order valence-electron chi connectivity index (χ0n) is 17.6. The second kappa shape index (κ2) is 8.60. The van der Waals surface area contributed by atoms with E-state index in [-0.39, 0.29) is 17.0 Å². The van der Waals surface area contributed by atoms with E-state index in [1.165, 1.54) is 12.1 Å². The maximum Gasteiger partial charge on any atom is 0.194 e. The first-order valence-corrected chi connectivity index (χ1v) is 11.9. The molecular formula is C21H32FN3O3S. The molecule has 8 heteroatoms. The van der Waals surface area contributed by atoms with Gasteiger partial charge in [0.25, 0.3) is 0 Å². The van der Waals surface area contributed by atoms with E-state index >= 15 is 0 Å². The van der Waals surface area contributed by atoms with Gasteiger partial charge in [-0.2, -0.15) is 0 Å². The molecule has 2 aliphatic rings. The average Bonchev–Trinajstić information content (AvgIpc) is 2.68. The van der Waals surface area contributed by atoms with E-state index in [9.17, 15) is 12.8 Å². The lowest BCUT2D eigenvalue weighted by Gasteiger charge is -2.40. The number of nitrogens with one attached hydrogen (secondary N) is 1. The fourth-order valence-electron chi connectivity index (χ4n) is 4.08. The molecule has 3 rings (SSSR count). The molecule has 1 aromatic carbocycles. The van der Waals surface area contributed by atoms with Crippen molar-refractivity contribution in [2.75, 3.05) is 45.1 Å². The van der Waals surface area contributed by atoms with Crippen molar-refractivity contribution in [2.24, 2.45) is 4.99 Å². The summed E-state index contributed by atoms with van der Waals surface area (Å²) in [5.74, 6) is 0.620. The number of hydrogen-bond donors (Lipinski definition) is 1. The van der Waals surface area contributed by atoms with Gasteiger partial charge in [-0.05, 0) is 51.3 Å². The minimum atomic E-state index is -3.11. The largest absolute Gasteiger partial charge is 0.381 e. The molecule has 1 N–H and O–H groups in total. The van der Waals surface area contributed by atoms with Crippen LogP contribution < -0.4 is 5.32 Å². The van der Waals surface area contributed by atoms with Crippen LogP contribution in [0.3, 0.4) is 0 Å². The van der Waals surface area contributed by atoms with Crippen LogP contribution in [0.25, 0.3) is 0 Å². The molecule has 0 saturated carbocycles. The van der Waals surface area contributed by atoms with Crippen molar-refractivity contribution in [1.29, 1.82) is 0 Å². The van der Waals surface area contributed by atoms with Crippen LogP contribution in [0.5, 0.6) is 0 Å². The predicted octanol–water partition coefficient (Wildman–Crippen LogP) is 2.35. The molecular weight excluding hydrogens is 393 g/mol. The molecule has 0 aromatic heterocycles. The summed E-state index contributed by atoms with van der Waals surface area (Å²) >= 11 is 0. The molecule has 0 amide bonds. The van der Waals surface area contributed by atoms with Crippen LogP contribution in [0.2, 0.25) is 0 Å². The second-order valence-electron chi connectivity index (χ2n) is 8.57. The first-order valence-electron chi connectivity index (χ1n) is 10.3. The van der Waals surface area contributed by atoms with Crippen molar-refractivity contribution in [1.82, 2.24) is 10.2 Å². The van der Waals surface area contributed by atoms with Crippen LogP contribution in [0.15, 0.2) is 29.3 Å². The lowest BCUT2D eigenvalue weighted by molar-refractivity contribution is 0.0530. The molecule has 0 atom stereocenters. The third-order valence-electron chi connectivity index (χ3n) is 6.12. The summed E-state index contributed by atoms with van der Waals surface area (Å²) in [5, 5.41) is 3.32. The number of sulfone groups is 1. The quantitative estimate of drug-likeness (QED) is 0.592. The summed E-state index contributed by atoms with van der Waals surface area (Å²) in [6.07, 6.45) is 1.64. The highest BCUT2D eigenvalue weighted by Crippen LogP contribution is 2.35. The first kappa shape index (κ1) is 22.0. The predicted molar refractivity (Wildman–Crippen MR) is 114 cm³/mol. The molecule has 2 fully saturated rings. The minimum Gasteiger partial charge on any atom is -0.381 e. The fraction of sp³-hybridized carbons (Fsp3) is 0.667. The molecule has 0 aliphatic carbocycles. The number of ether oxygens (including phenoxy) is 1. The summed E-state index contributed by atoms with van der Waals surface area (Å²) in [5.41, 5.74) is 0.868. The zero-order chi connectivity index (χ0) is 21.1. The Morgan fingerprint density at radius 2 is 1.90 bits per heavy atom. The van der Waals surface area contributed by atoms with Gasteiger partial charge in [0.05, 0.1) is 17.0 Å². The molecule has 2 heterocycles. The SMILES string of the molecule is CCNC(=NCC1(c2ccc(F)cc2)CCOCC1)N1CCS(=O)(=O)C(C)(C)C1. The Labute approximate surface area is 173 Å². The van der Waals surface area contributed by atoms with Crippen LogP contribution in [0.4, 0.5) is 4.39 Å². The Hall–Kier alpha value is -1.67. The number of halogens is 1. The molecule has 2 saturated heterocycles. The Kier molecular flexibility index (Phi) is 6.53. The van der Waals surface area contributed by atoms with Gasteiger partial charge in [-0.25, -0.2) is 12.8 Å². The summed E-state index contributed by atoms with van der Waals surface area (Å²) in [4.78, 5) is 6.98. The van der Waals surface area contributed by atoms with Crippen molar-refractivity contribution in [3.63, 3.8) is 0 Å². The van der Waals surface area contributed by atoms with Crippen LogP contribution in [-0.4, -0.2) is 69.2 Å². The van der Waals surface area contributed by atoms with Gasteiger partial charge in [-0.15, -0.1) is 0 Å². The number of nitrogens with zero attached hydrogens (tertiary/aromatic N) is 2. The molecule has 2 aliphatic heterocycles. The van der Waals surface area contributed by atoms with Crippen molar-refractivity contribution < 1.29 is 17.5 Å². The lowest BCUT2D eigenvalue weighted by atomic mass is 9.74. The first-order chi connectivity index (χ1) is 13.7. The third kappa shape index (κ3) is 4.74. The highest BCUT2D eigenvalue weighted by atomic mass is 32.2. The van der Waals surface area contributed by atoms with E-state index in [0.29, 0.717) is 39.4 Å². The summed E-state index contributed by atoms with van der Waals surface area (Å²) in [7, 11) is -3.11. The van der Waals surface area contributed by atoms with Gasteiger partial charge >= 0.3 is 0 Å². The molecule has 6 nitrogen and oxygen atoms in total. The van der Waals surface area contributed by atoms with Gasteiger partial charge in [-0.3, -0.25) is 4.99 Å². The van der Waals surface area contributed by atoms with E-state index in [1.54, 1.807) is 13.8 Å². The maximum atomic E-state index is 13.5. The van der Waals surface area contributed by atoms with E-state index < -0.39 is 14.6 Å². The summed E-state index contributed by atoms with van der Waals surface area (Å²) in [6, 6.07) is 6.69. The average molecular weight is 426 g/mol. The molecule has 29 heavy (non-hydrogen) atoms. The van der Waals surface area contributed by atoms with Gasteiger partial charge < -0.3 is 15.0 Å². The Morgan fingerprint density at radius 3 is 2.48 bits per heavy atom. The monoisotopic (exact) mass is 425 g/mol. The number of benzene rings is 1. The van der Waals surface area contributed by atoms with Gasteiger partial charge in [0.1, 0.15) is 5.82 Å². The van der Waals surface area contributed by atoms with Crippen molar-refractivity contribution >= 4 is 15.8 Å². The van der Waals surface area contributed by atoms with Crippen molar-refractivity contribution in [3.05, 3.63) is 35.6 Å². The van der Waals surface area contributed by atoms with Crippen LogP contribution in [0.1, 0.15) is 39.2 Å². The normalized spacial score (nSPS) is 23.6. The Morgan fingerprint density at radius 1 is 1.24 bits per heavy atom. The fourth-order valence-corrected chi connectivity index (χ4v) is 5.45. The zero-order valence-corrected chi connectivity index (χ0v) is 18.4. The van der Waals surface area contributed by atoms with Gasteiger partial charge in [0.2, 0.25) is 0 Å². The van der Waals surface area contributed by atoms with Crippen LogP contribution in [-0.2, 0) is 20.0 Å². The van der Waals surface area contributed by atoms with E-state index in [2.05, 4.69) is 5.32 Å². The van der Waals surface area contributed by atoms with Crippen molar-refractivity contribution in [3.8, 4) is 0 Å². The third-order valence-corrected chi connectivity index (χ3v) is 8.65. The molecule has 0 unspecified atom stereocenters. The number of hydrogen-bond acceptors (Lipinski definition) is 4. The maximum absolute atomic E-state index is 13.5. The Balaban J connectivity index is 1.86. The van der Waals surface area contributed by atoms with Gasteiger partial charge in [0, 0.05) is 38.3 Å². The van der Waals surface area contributed by atoms with E-state index in [1.807, 2.05) is 24.0 Å². The highest BCUT2D eigenvalue weighted by molar-refractivity contribution is 7.92. The topological polar surface area (TPSA) is 71.0 Å². The van der Waals surface area contributed by atoms with Crippen LogP contribution >= 0.6 is 0 Å². The van der Waals surface area contributed by atoms with Gasteiger partial charge in [0.15, 0.2) is 15.8 Å². The molecule has 162 valence electrons. The van der Waals surface area contributed by atoms with E-state index in [0.717, 1.165) is 24.4 Å². The number of guanidine groups is 1. The smallest absolute Gasteiger partial charge is 0.194 e. The standard InChI is InChI=1S/C21H32FN3O3S/c1-4-23-19(25-11-14-29(26,27)20(2,3)16-25)24-15-21(9-12-28-13-10-21)17-5-7-18(22)8-6-17/h5-8H,4,9-16H2,1-3H3,(H,23,24). The van der Waals surface area contributed by atoms with E-state index in [4.69, 9.17) is 9.73 Å². The summed E-state index contributed by atoms with van der Waals surface area (Å²) < 4.78 is 43.0. The molecule has 0 spiro atoms. The van der Waals surface area contributed by atoms with Crippen LogP contribution in [0, 0.1) is 5.82 Å². The van der Waals surface area contributed by atoms with Gasteiger partial charge in [-0.1, -0.05) is 12.1 Å². The summed E-state index contributed by atoms with van der Waals surface area (Å²) in [6.45, 7) is 8.96. The lowest BCUT2D eigenvalue weighted by Crippen LogP contribution is -2.57. The van der Waals surface area contributed by atoms with Crippen molar-refractivity contribution in [2.45, 2.75) is 43.8 Å². The molecule has 1 aromatic rings. The second-order valence-corrected chi connectivity index (χ2v) is 11.3. The number of rotatable bonds is 4. The minimum absolute atomic E-state index is 0.126. The number of aliphatic imine (C=N–C) groups is 1. The Bertz CT molecular complexity index is 831. The molecule has 0 radical (unpaired) electrons. The highest BCUT2D eigenvalue weighted by Gasteiger charge is 2.41.